The fourth-order valence-electron chi connectivity index (χ4n) is 1.50. The molecule has 96 valence electrons. The summed E-state index contributed by atoms with van der Waals surface area (Å²) in [5, 5.41) is 6.92. The van der Waals surface area contributed by atoms with Gasteiger partial charge in [0, 0.05) is 25.8 Å². The number of hydrogen-bond donors (Lipinski definition) is 1. The van der Waals surface area contributed by atoms with Crippen molar-refractivity contribution >= 4 is 0 Å². The van der Waals surface area contributed by atoms with Crippen LogP contribution in [0.25, 0.3) is 11.5 Å². The molecule has 2 aromatic rings. The van der Waals surface area contributed by atoms with Gasteiger partial charge in [-0.25, -0.2) is 9.37 Å². The van der Waals surface area contributed by atoms with Crippen LogP contribution >= 0.6 is 0 Å². The highest BCUT2D eigenvalue weighted by Crippen LogP contribution is 2.21. The van der Waals surface area contributed by atoms with Gasteiger partial charge in [0.2, 0.25) is 0 Å². The highest BCUT2D eigenvalue weighted by molar-refractivity contribution is 5.55. The van der Waals surface area contributed by atoms with Crippen molar-refractivity contribution in [2.24, 2.45) is 0 Å². The average molecular weight is 251 g/mol. The minimum absolute atomic E-state index is 0.377. The molecular weight excluding hydrogens is 237 g/mol. The van der Waals surface area contributed by atoms with Gasteiger partial charge in [-0.2, -0.15) is 0 Å². The van der Waals surface area contributed by atoms with Crippen molar-refractivity contribution in [3.63, 3.8) is 0 Å². The summed E-state index contributed by atoms with van der Waals surface area (Å²) in [7, 11) is 1.65. The molecule has 2 heterocycles. The quantitative estimate of drug-likeness (QED) is 0.790. The molecule has 5 nitrogen and oxygen atoms in total. The van der Waals surface area contributed by atoms with Gasteiger partial charge in [0.15, 0.2) is 5.76 Å². The van der Waals surface area contributed by atoms with Gasteiger partial charge in [-0.05, 0) is 12.1 Å². The molecule has 0 radical (unpaired) electrons. The summed E-state index contributed by atoms with van der Waals surface area (Å²) in [6.07, 6.45) is 2.78. The van der Waals surface area contributed by atoms with Crippen molar-refractivity contribution in [3.05, 3.63) is 35.9 Å². The van der Waals surface area contributed by atoms with Gasteiger partial charge in [-0.15, -0.1) is 0 Å². The number of ether oxygens (including phenoxy) is 1. The Balaban J connectivity index is 2.05. The molecule has 0 saturated carbocycles. The molecule has 0 atom stereocenters. The Morgan fingerprint density at radius 3 is 3.00 bits per heavy atom. The normalized spacial score (nSPS) is 10.8. The SMILES string of the molecule is COCCNCc1cnoc1-c1ccc(F)cn1. The molecule has 2 rings (SSSR count). The van der Waals surface area contributed by atoms with E-state index < -0.39 is 0 Å². The van der Waals surface area contributed by atoms with Crippen LogP contribution in [0.2, 0.25) is 0 Å². The van der Waals surface area contributed by atoms with E-state index >= 15 is 0 Å². The van der Waals surface area contributed by atoms with Gasteiger partial charge in [0.25, 0.3) is 0 Å². The first-order chi connectivity index (χ1) is 8.81. The Bertz CT molecular complexity index is 484. The Labute approximate surface area is 104 Å². The van der Waals surface area contributed by atoms with Crippen LogP contribution in [-0.4, -0.2) is 30.4 Å². The Hall–Kier alpha value is -1.79. The van der Waals surface area contributed by atoms with E-state index in [9.17, 15) is 4.39 Å². The zero-order valence-electron chi connectivity index (χ0n) is 10.0. The number of methoxy groups -OCH3 is 1. The van der Waals surface area contributed by atoms with Crippen molar-refractivity contribution in [2.75, 3.05) is 20.3 Å². The van der Waals surface area contributed by atoms with Crippen LogP contribution in [0.15, 0.2) is 29.0 Å². The standard InChI is InChI=1S/C12H14FN3O2/c1-17-5-4-14-6-9-7-16-18-12(9)11-3-2-10(13)8-15-11/h2-3,7-8,14H,4-6H2,1H3. The van der Waals surface area contributed by atoms with Crippen LogP contribution in [-0.2, 0) is 11.3 Å². The molecule has 18 heavy (non-hydrogen) atoms. The largest absolute Gasteiger partial charge is 0.383 e. The topological polar surface area (TPSA) is 60.2 Å². The zero-order chi connectivity index (χ0) is 12.8. The fraction of sp³-hybridized carbons (Fsp3) is 0.333. The summed E-state index contributed by atoms with van der Waals surface area (Å²) in [6, 6.07) is 2.90. The van der Waals surface area contributed by atoms with Crippen LogP contribution in [0.1, 0.15) is 5.56 Å². The molecule has 0 aliphatic rings. The van der Waals surface area contributed by atoms with E-state index in [-0.39, 0.29) is 5.82 Å². The van der Waals surface area contributed by atoms with Gasteiger partial charge in [0.1, 0.15) is 11.5 Å². The van der Waals surface area contributed by atoms with E-state index in [1.165, 1.54) is 6.07 Å². The fourth-order valence-corrected chi connectivity index (χ4v) is 1.50. The van der Waals surface area contributed by atoms with Crippen LogP contribution < -0.4 is 5.32 Å². The first kappa shape index (κ1) is 12.7. The number of nitrogens with one attached hydrogen (secondary N) is 1. The summed E-state index contributed by atoms with van der Waals surface area (Å²) in [5.41, 5.74) is 1.45. The maximum Gasteiger partial charge on any atom is 0.189 e. The first-order valence-electron chi connectivity index (χ1n) is 5.56. The highest BCUT2D eigenvalue weighted by Gasteiger charge is 2.11. The van der Waals surface area contributed by atoms with Crippen LogP contribution in [0.4, 0.5) is 4.39 Å². The molecule has 0 fully saturated rings. The van der Waals surface area contributed by atoms with Gasteiger partial charge in [0.05, 0.1) is 19.0 Å². The number of aromatic nitrogens is 2. The second-order valence-corrected chi connectivity index (χ2v) is 3.71. The second-order valence-electron chi connectivity index (χ2n) is 3.71. The summed E-state index contributed by atoms with van der Waals surface area (Å²) in [4.78, 5) is 3.96. The number of nitrogens with zero attached hydrogens (tertiary/aromatic N) is 2. The third-order valence-corrected chi connectivity index (χ3v) is 2.40. The predicted molar refractivity (Wildman–Crippen MR) is 63.3 cm³/mol. The number of pyridine rings is 1. The summed E-state index contributed by atoms with van der Waals surface area (Å²) < 4.78 is 22.9. The lowest BCUT2D eigenvalue weighted by atomic mass is 10.2. The molecule has 6 heteroatoms. The van der Waals surface area contributed by atoms with Gasteiger partial charge in [-0.1, -0.05) is 5.16 Å². The molecule has 2 aromatic heterocycles. The van der Waals surface area contributed by atoms with Crippen LogP contribution in [0, 0.1) is 5.82 Å². The Morgan fingerprint density at radius 2 is 2.28 bits per heavy atom. The van der Waals surface area contributed by atoms with Crippen molar-refractivity contribution in [2.45, 2.75) is 6.54 Å². The first-order valence-corrected chi connectivity index (χ1v) is 5.56. The Morgan fingerprint density at radius 1 is 1.39 bits per heavy atom. The third kappa shape index (κ3) is 3.12. The van der Waals surface area contributed by atoms with E-state index in [4.69, 9.17) is 9.26 Å². The number of hydrogen-bond acceptors (Lipinski definition) is 5. The van der Waals surface area contributed by atoms with Gasteiger partial charge < -0.3 is 14.6 Å². The molecular formula is C12H14FN3O2. The molecule has 0 bridgehead atoms. The smallest absolute Gasteiger partial charge is 0.189 e. The lowest BCUT2D eigenvalue weighted by Crippen LogP contribution is -2.18. The predicted octanol–water partition coefficient (Wildman–Crippen LogP) is 1.61. The average Bonchev–Trinajstić information content (AvgIpc) is 2.84. The minimum atomic E-state index is -0.377. The molecule has 0 amide bonds. The molecule has 0 unspecified atom stereocenters. The highest BCUT2D eigenvalue weighted by atomic mass is 19.1. The zero-order valence-corrected chi connectivity index (χ0v) is 10.0. The van der Waals surface area contributed by atoms with Crippen LogP contribution in [0.5, 0.6) is 0 Å². The van der Waals surface area contributed by atoms with E-state index in [1.807, 2.05) is 0 Å². The molecule has 1 N–H and O–H groups in total. The molecule has 0 spiro atoms. The summed E-state index contributed by atoms with van der Waals surface area (Å²) >= 11 is 0. The van der Waals surface area contributed by atoms with E-state index in [1.54, 1.807) is 19.4 Å². The van der Waals surface area contributed by atoms with Gasteiger partial charge in [-0.3, -0.25) is 0 Å². The molecule has 0 saturated heterocycles. The molecule has 0 aliphatic carbocycles. The van der Waals surface area contributed by atoms with Crippen molar-refractivity contribution in [1.29, 1.82) is 0 Å². The van der Waals surface area contributed by atoms with E-state index in [0.29, 0.717) is 24.6 Å². The van der Waals surface area contributed by atoms with Crippen molar-refractivity contribution in [3.8, 4) is 11.5 Å². The van der Waals surface area contributed by atoms with E-state index in [0.717, 1.165) is 18.3 Å². The van der Waals surface area contributed by atoms with Gasteiger partial charge >= 0.3 is 0 Å². The van der Waals surface area contributed by atoms with E-state index in [2.05, 4.69) is 15.5 Å². The number of rotatable bonds is 6. The Kier molecular flexibility index (Phi) is 4.38. The summed E-state index contributed by atoms with van der Waals surface area (Å²) in [5.74, 6) is 0.179. The second kappa shape index (κ2) is 6.23. The van der Waals surface area contributed by atoms with Crippen molar-refractivity contribution < 1.29 is 13.7 Å². The lowest BCUT2D eigenvalue weighted by Gasteiger charge is -2.03. The summed E-state index contributed by atoms with van der Waals surface area (Å²) in [6.45, 7) is 1.97. The maximum absolute atomic E-state index is 12.8. The maximum atomic E-state index is 12.8. The van der Waals surface area contributed by atoms with Crippen molar-refractivity contribution in [1.82, 2.24) is 15.5 Å². The number of halogens is 1. The molecule has 0 aliphatic heterocycles. The molecule has 0 aromatic carbocycles. The monoisotopic (exact) mass is 251 g/mol. The minimum Gasteiger partial charge on any atom is -0.383 e. The third-order valence-electron chi connectivity index (χ3n) is 2.40. The lowest BCUT2D eigenvalue weighted by molar-refractivity contribution is 0.199. The van der Waals surface area contributed by atoms with Crippen LogP contribution in [0.3, 0.4) is 0 Å².